The van der Waals surface area contributed by atoms with E-state index in [4.69, 9.17) is 10.5 Å². The summed E-state index contributed by atoms with van der Waals surface area (Å²) in [7, 11) is 3.66. The van der Waals surface area contributed by atoms with Crippen LogP contribution in [0.4, 0.5) is 0 Å². The van der Waals surface area contributed by atoms with Crippen molar-refractivity contribution in [1.29, 1.82) is 0 Å². The Morgan fingerprint density at radius 3 is 2.90 bits per heavy atom. The van der Waals surface area contributed by atoms with E-state index in [2.05, 4.69) is 16.3 Å². The van der Waals surface area contributed by atoms with Gasteiger partial charge in [-0.25, -0.2) is 0 Å². The van der Waals surface area contributed by atoms with Crippen LogP contribution >= 0.6 is 0 Å². The standard InChI is InChI=1S/C16H25N3O2/c1-19(11-12-4-3-5-15(8-12)21-2)14(10-17)9-16(20)18-13-6-7-13/h3-5,8,13-14H,6-7,9-11,17H2,1-2H3,(H,18,20). The number of rotatable bonds is 8. The first-order valence-corrected chi connectivity index (χ1v) is 7.45. The second kappa shape index (κ2) is 7.43. The minimum absolute atomic E-state index is 0.0509. The molecular formula is C16H25N3O2. The molecule has 0 bridgehead atoms. The van der Waals surface area contributed by atoms with E-state index in [1.807, 2.05) is 25.2 Å². The van der Waals surface area contributed by atoms with Crippen molar-refractivity contribution in [3.05, 3.63) is 29.8 Å². The summed E-state index contributed by atoms with van der Waals surface area (Å²) < 4.78 is 5.23. The van der Waals surface area contributed by atoms with E-state index in [1.165, 1.54) is 0 Å². The van der Waals surface area contributed by atoms with Crippen molar-refractivity contribution < 1.29 is 9.53 Å². The highest BCUT2D eigenvalue weighted by Crippen LogP contribution is 2.19. The fraction of sp³-hybridized carbons (Fsp3) is 0.562. The molecule has 1 aromatic rings. The third-order valence-electron chi connectivity index (χ3n) is 3.83. The van der Waals surface area contributed by atoms with Crippen molar-refractivity contribution >= 4 is 5.91 Å². The topological polar surface area (TPSA) is 67.6 Å². The fourth-order valence-corrected chi connectivity index (χ4v) is 2.34. The summed E-state index contributed by atoms with van der Waals surface area (Å²) in [6.45, 7) is 1.22. The van der Waals surface area contributed by atoms with Crippen molar-refractivity contribution in [2.45, 2.75) is 37.9 Å². The van der Waals surface area contributed by atoms with Gasteiger partial charge >= 0.3 is 0 Å². The van der Waals surface area contributed by atoms with E-state index in [9.17, 15) is 4.79 Å². The molecule has 116 valence electrons. The van der Waals surface area contributed by atoms with Gasteiger partial charge in [-0.2, -0.15) is 0 Å². The zero-order valence-corrected chi connectivity index (χ0v) is 12.8. The largest absolute Gasteiger partial charge is 0.497 e. The molecule has 0 aromatic heterocycles. The molecule has 1 aliphatic rings. The highest BCUT2D eigenvalue weighted by molar-refractivity contribution is 5.77. The lowest BCUT2D eigenvalue weighted by molar-refractivity contribution is -0.122. The second-order valence-corrected chi connectivity index (χ2v) is 5.70. The zero-order chi connectivity index (χ0) is 15.2. The maximum Gasteiger partial charge on any atom is 0.221 e. The first-order chi connectivity index (χ1) is 10.1. The van der Waals surface area contributed by atoms with E-state index in [0.717, 1.165) is 30.7 Å². The number of hydrogen-bond acceptors (Lipinski definition) is 4. The number of nitrogens with zero attached hydrogens (tertiary/aromatic N) is 1. The number of nitrogens with two attached hydrogens (primary N) is 1. The molecule has 0 heterocycles. The molecule has 1 fully saturated rings. The Hall–Kier alpha value is -1.59. The summed E-state index contributed by atoms with van der Waals surface area (Å²) in [5.74, 6) is 0.946. The molecule has 5 heteroatoms. The van der Waals surface area contributed by atoms with Gasteiger partial charge in [0, 0.05) is 31.6 Å². The van der Waals surface area contributed by atoms with Crippen LogP contribution in [-0.4, -0.2) is 43.6 Å². The summed E-state index contributed by atoms with van der Waals surface area (Å²) in [5.41, 5.74) is 6.98. The fourth-order valence-electron chi connectivity index (χ4n) is 2.34. The lowest BCUT2D eigenvalue weighted by Gasteiger charge is -2.26. The molecule has 1 amide bonds. The van der Waals surface area contributed by atoms with Gasteiger partial charge in [0.25, 0.3) is 0 Å². The van der Waals surface area contributed by atoms with Gasteiger partial charge in [0.1, 0.15) is 5.75 Å². The quantitative estimate of drug-likeness (QED) is 0.753. The predicted octanol–water partition coefficient (Wildman–Crippen LogP) is 1.12. The van der Waals surface area contributed by atoms with E-state index in [-0.39, 0.29) is 11.9 Å². The number of carbonyl (C=O) groups excluding carboxylic acids is 1. The summed E-state index contributed by atoms with van der Waals surface area (Å²) in [6.07, 6.45) is 2.67. The Kier molecular flexibility index (Phi) is 5.59. The Balaban J connectivity index is 1.88. The van der Waals surface area contributed by atoms with Crippen molar-refractivity contribution in [3.8, 4) is 5.75 Å². The highest BCUT2D eigenvalue weighted by Gasteiger charge is 2.25. The lowest BCUT2D eigenvalue weighted by atomic mass is 10.1. The average molecular weight is 291 g/mol. The Bertz CT molecular complexity index is 474. The van der Waals surface area contributed by atoms with Crippen LogP contribution in [0.25, 0.3) is 0 Å². The molecule has 0 saturated heterocycles. The van der Waals surface area contributed by atoms with Gasteiger partial charge in [0.2, 0.25) is 5.91 Å². The lowest BCUT2D eigenvalue weighted by Crippen LogP contribution is -2.41. The smallest absolute Gasteiger partial charge is 0.221 e. The third-order valence-corrected chi connectivity index (χ3v) is 3.83. The minimum Gasteiger partial charge on any atom is -0.497 e. The molecule has 2 rings (SSSR count). The number of carbonyl (C=O) groups is 1. The van der Waals surface area contributed by atoms with E-state index in [0.29, 0.717) is 19.0 Å². The summed E-state index contributed by atoms with van der Waals surface area (Å²) in [4.78, 5) is 14.0. The molecular weight excluding hydrogens is 266 g/mol. The zero-order valence-electron chi connectivity index (χ0n) is 12.8. The Labute approximate surface area is 126 Å². The monoisotopic (exact) mass is 291 g/mol. The molecule has 0 spiro atoms. The van der Waals surface area contributed by atoms with Crippen LogP contribution in [0.2, 0.25) is 0 Å². The van der Waals surface area contributed by atoms with Crippen molar-refractivity contribution in [3.63, 3.8) is 0 Å². The van der Waals surface area contributed by atoms with Crippen molar-refractivity contribution in [2.24, 2.45) is 5.73 Å². The molecule has 0 radical (unpaired) electrons. The molecule has 5 nitrogen and oxygen atoms in total. The third kappa shape index (κ3) is 5.02. The number of ether oxygens (including phenoxy) is 1. The van der Waals surface area contributed by atoms with E-state index < -0.39 is 0 Å². The summed E-state index contributed by atoms with van der Waals surface area (Å²) in [6, 6.07) is 8.41. The molecule has 1 aromatic carbocycles. The number of amides is 1. The van der Waals surface area contributed by atoms with Crippen LogP contribution in [0, 0.1) is 0 Å². The van der Waals surface area contributed by atoms with Crippen LogP contribution in [0.5, 0.6) is 5.75 Å². The minimum atomic E-state index is 0.0509. The van der Waals surface area contributed by atoms with Crippen LogP contribution in [-0.2, 0) is 11.3 Å². The van der Waals surface area contributed by atoms with Gasteiger partial charge in [-0.3, -0.25) is 9.69 Å². The van der Waals surface area contributed by atoms with Gasteiger partial charge in [0.05, 0.1) is 7.11 Å². The maximum atomic E-state index is 11.9. The molecule has 1 saturated carbocycles. The van der Waals surface area contributed by atoms with Crippen molar-refractivity contribution in [1.82, 2.24) is 10.2 Å². The highest BCUT2D eigenvalue weighted by atomic mass is 16.5. The van der Waals surface area contributed by atoms with E-state index >= 15 is 0 Å². The van der Waals surface area contributed by atoms with Gasteiger partial charge < -0.3 is 15.8 Å². The van der Waals surface area contributed by atoms with Crippen LogP contribution in [0.15, 0.2) is 24.3 Å². The Morgan fingerprint density at radius 2 is 2.29 bits per heavy atom. The molecule has 1 aliphatic carbocycles. The van der Waals surface area contributed by atoms with Gasteiger partial charge in [-0.05, 0) is 37.6 Å². The van der Waals surface area contributed by atoms with E-state index in [1.54, 1.807) is 7.11 Å². The number of benzene rings is 1. The molecule has 21 heavy (non-hydrogen) atoms. The number of nitrogens with one attached hydrogen (secondary N) is 1. The second-order valence-electron chi connectivity index (χ2n) is 5.70. The van der Waals surface area contributed by atoms with Crippen LogP contribution < -0.4 is 15.8 Å². The van der Waals surface area contributed by atoms with Crippen LogP contribution in [0.3, 0.4) is 0 Å². The molecule has 1 unspecified atom stereocenters. The summed E-state index contributed by atoms with van der Waals surface area (Å²) >= 11 is 0. The van der Waals surface area contributed by atoms with Gasteiger partial charge in [-0.15, -0.1) is 0 Å². The van der Waals surface area contributed by atoms with Crippen LogP contribution in [0.1, 0.15) is 24.8 Å². The summed E-state index contributed by atoms with van der Waals surface area (Å²) in [5, 5.41) is 3.01. The molecule has 3 N–H and O–H groups in total. The van der Waals surface area contributed by atoms with Crippen molar-refractivity contribution in [2.75, 3.05) is 20.7 Å². The first kappa shape index (κ1) is 15.8. The number of hydrogen-bond donors (Lipinski definition) is 2. The maximum absolute atomic E-state index is 11.9. The molecule has 0 aliphatic heterocycles. The normalized spacial score (nSPS) is 15.8. The van der Waals surface area contributed by atoms with Gasteiger partial charge in [-0.1, -0.05) is 12.1 Å². The SMILES string of the molecule is COc1cccc(CN(C)C(CN)CC(=O)NC2CC2)c1. The predicted molar refractivity (Wildman–Crippen MR) is 83.1 cm³/mol. The number of likely N-dealkylation sites (N-methyl/N-ethyl adjacent to an activating group) is 1. The first-order valence-electron chi connectivity index (χ1n) is 7.45. The van der Waals surface area contributed by atoms with Gasteiger partial charge in [0.15, 0.2) is 0 Å². The molecule has 1 atom stereocenters. The average Bonchev–Trinajstić information content (AvgIpc) is 3.28. The number of methoxy groups -OCH3 is 1. The Morgan fingerprint density at radius 1 is 1.52 bits per heavy atom.